The molecule has 0 aliphatic carbocycles. The molecule has 0 spiro atoms. The van der Waals surface area contributed by atoms with Crippen LogP contribution in [-0.2, 0) is 6.42 Å². The summed E-state index contributed by atoms with van der Waals surface area (Å²) in [6.45, 7) is 4.11. The van der Waals surface area contributed by atoms with Gasteiger partial charge in [0.05, 0.1) is 17.7 Å². The van der Waals surface area contributed by atoms with E-state index in [0.717, 1.165) is 16.8 Å². The van der Waals surface area contributed by atoms with Crippen molar-refractivity contribution in [2.24, 2.45) is 0 Å². The Hall–Kier alpha value is -2.39. The minimum atomic E-state index is -0.564. The van der Waals surface area contributed by atoms with Gasteiger partial charge in [-0.25, -0.2) is 4.98 Å². The smallest absolute Gasteiger partial charge is 0.180 e. The van der Waals surface area contributed by atoms with Crippen LogP contribution in [0.25, 0.3) is 0 Å². The Morgan fingerprint density at radius 3 is 2.13 bits per heavy atom. The first-order chi connectivity index (χ1) is 11.1. The number of nitrogens with zero attached hydrogens (tertiary/aromatic N) is 1. The van der Waals surface area contributed by atoms with Gasteiger partial charge in [0.25, 0.3) is 0 Å². The zero-order valence-electron chi connectivity index (χ0n) is 13.4. The van der Waals surface area contributed by atoms with E-state index in [9.17, 15) is 5.11 Å². The lowest BCUT2D eigenvalue weighted by molar-refractivity contribution is 0.155. The van der Waals surface area contributed by atoms with Crippen molar-refractivity contribution in [3.63, 3.8) is 0 Å². The van der Waals surface area contributed by atoms with Crippen LogP contribution in [0.2, 0.25) is 0 Å². The molecule has 1 heterocycles. The second-order valence-electron chi connectivity index (χ2n) is 6.06. The van der Waals surface area contributed by atoms with Crippen molar-refractivity contribution >= 4 is 0 Å². The molecule has 0 amide bonds. The van der Waals surface area contributed by atoms with Crippen molar-refractivity contribution in [3.8, 4) is 0 Å². The largest absolute Gasteiger partial charge is 0.451 e. The number of aryl methyl sites for hydroxylation is 2. The molecule has 2 atom stereocenters. The summed E-state index contributed by atoms with van der Waals surface area (Å²) in [4.78, 5) is 4.27. The lowest BCUT2D eigenvalue weighted by atomic mass is 9.87. The van der Waals surface area contributed by atoms with Gasteiger partial charge in [0.2, 0.25) is 0 Å². The van der Waals surface area contributed by atoms with E-state index in [-0.39, 0.29) is 5.92 Å². The van der Waals surface area contributed by atoms with Crippen LogP contribution >= 0.6 is 0 Å². The summed E-state index contributed by atoms with van der Waals surface area (Å²) in [6.07, 6.45) is 3.04. The lowest BCUT2D eigenvalue weighted by Gasteiger charge is -2.22. The Morgan fingerprint density at radius 2 is 1.57 bits per heavy atom. The number of benzene rings is 2. The summed E-state index contributed by atoms with van der Waals surface area (Å²) in [7, 11) is 0. The number of aliphatic hydroxyl groups excluding tert-OH is 1. The van der Waals surface area contributed by atoms with E-state index >= 15 is 0 Å². The minimum absolute atomic E-state index is 0.198. The first-order valence-corrected chi connectivity index (χ1v) is 7.82. The predicted octanol–water partition coefficient (Wildman–Crippen LogP) is 4.03. The SMILES string of the molecule is Cc1ccc(CC(O)C(c2ccc(C)cc2)c2cocn2)cc1. The summed E-state index contributed by atoms with van der Waals surface area (Å²) >= 11 is 0. The Labute approximate surface area is 136 Å². The quantitative estimate of drug-likeness (QED) is 0.774. The molecule has 3 aromatic rings. The van der Waals surface area contributed by atoms with E-state index in [0.29, 0.717) is 6.42 Å². The van der Waals surface area contributed by atoms with Crippen molar-refractivity contribution in [2.75, 3.05) is 0 Å². The zero-order chi connectivity index (χ0) is 16.2. The van der Waals surface area contributed by atoms with Crippen LogP contribution in [0.15, 0.2) is 65.6 Å². The molecule has 0 radical (unpaired) electrons. The number of hydrogen-bond acceptors (Lipinski definition) is 3. The van der Waals surface area contributed by atoms with Crippen molar-refractivity contribution in [1.82, 2.24) is 4.98 Å². The van der Waals surface area contributed by atoms with Crippen molar-refractivity contribution in [1.29, 1.82) is 0 Å². The molecule has 23 heavy (non-hydrogen) atoms. The first kappa shape index (κ1) is 15.5. The van der Waals surface area contributed by atoms with Gasteiger partial charge in [-0.05, 0) is 31.4 Å². The molecule has 2 unspecified atom stereocenters. The molecule has 0 aliphatic rings. The maximum atomic E-state index is 10.8. The van der Waals surface area contributed by atoms with Crippen LogP contribution in [0.3, 0.4) is 0 Å². The van der Waals surface area contributed by atoms with Gasteiger partial charge >= 0.3 is 0 Å². The van der Waals surface area contributed by atoms with Gasteiger partial charge in [-0.2, -0.15) is 0 Å². The van der Waals surface area contributed by atoms with Crippen LogP contribution in [0.4, 0.5) is 0 Å². The highest BCUT2D eigenvalue weighted by Crippen LogP contribution is 2.29. The maximum Gasteiger partial charge on any atom is 0.180 e. The van der Waals surface area contributed by atoms with E-state index in [4.69, 9.17) is 4.42 Å². The van der Waals surface area contributed by atoms with Gasteiger partial charge in [-0.1, -0.05) is 59.7 Å². The zero-order valence-corrected chi connectivity index (χ0v) is 13.4. The Balaban J connectivity index is 1.88. The van der Waals surface area contributed by atoms with Gasteiger partial charge in [0.1, 0.15) is 6.26 Å². The number of oxazole rings is 1. The lowest BCUT2D eigenvalue weighted by Crippen LogP contribution is -2.22. The summed E-state index contributed by atoms with van der Waals surface area (Å²) in [6, 6.07) is 16.5. The van der Waals surface area contributed by atoms with Gasteiger partial charge in [-0.15, -0.1) is 0 Å². The fourth-order valence-electron chi connectivity index (χ4n) is 2.82. The molecule has 118 valence electrons. The molecule has 0 aliphatic heterocycles. The van der Waals surface area contributed by atoms with Gasteiger partial charge < -0.3 is 9.52 Å². The van der Waals surface area contributed by atoms with E-state index < -0.39 is 6.10 Å². The van der Waals surface area contributed by atoms with Crippen LogP contribution < -0.4 is 0 Å². The molecule has 3 nitrogen and oxygen atoms in total. The number of rotatable bonds is 5. The van der Waals surface area contributed by atoms with E-state index in [1.54, 1.807) is 6.26 Å². The Bertz CT molecular complexity index is 730. The van der Waals surface area contributed by atoms with Gasteiger partial charge in [0.15, 0.2) is 6.39 Å². The summed E-state index contributed by atoms with van der Waals surface area (Å²) < 4.78 is 5.13. The summed E-state index contributed by atoms with van der Waals surface area (Å²) in [5, 5.41) is 10.8. The topological polar surface area (TPSA) is 46.3 Å². The van der Waals surface area contributed by atoms with Crippen LogP contribution in [-0.4, -0.2) is 16.2 Å². The highest BCUT2D eigenvalue weighted by molar-refractivity contribution is 5.32. The standard InChI is InChI=1S/C20H21NO2/c1-14-3-7-16(8-4-14)11-19(22)20(18-12-23-13-21-18)17-9-5-15(2)6-10-17/h3-10,12-13,19-20,22H,11H2,1-2H3. The van der Waals surface area contributed by atoms with Crippen molar-refractivity contribution in [3.05, 3.63) is 89.1 Å². The molecule has 0 fully saturated rings. The Kier molecular flexibility index (Phi) is 4.58. The van der Waals surface area contributed by atoms with E-state index in [1.807, 2.05) is 12.1 Å². The molecular formula is C20H21NO2. The van der Waals surface area contributed by atoms with Crippen LogP contribution in [0.1, 0.15) is 33.9 Å². The monoisotopic (exact) mass is 307 g/mol. The van der Waals surface area contributed by atoms with Crippen molar-refractivity contribution < 1.29 is 9.52 Å². The Morgan fingerprint density at radius 1 is 0.957 bits per heavy atom. The molecule has 1 N–H and O–H groups in total. The highest BCUT2D eigenvalue weighted by Gasteiger charge is 2.25. The molecule has 0 saturated carbocycles. The second-order valence-corrected chi connectivity index (χ2v) is 6.06. The second kappa shape index (κ2) is 6.80. The van der Waals surface area contributed by atoms with Gasteiger partial charge in [0, 0.05) is 0 Å². The van der Waals surface area contributed by atoms with E-state index in [1.165, 1.54) is 17.5 Å². The normalized spacial score (nSPS) is 13.7. The average Bonchev–Trinajstić information content (AvgIpc) is 3.06. The molecule has 1 aromatic heterocycles. The summed E-state index contributed by atoms with van der Waals surface area (Å²) in [5.41, 5.74) is 5.33. The third-order valence-electron chi connectivity index (χ3n) is 4.16. The molecule has 0 saturated heterocycles. The molecular weight excluding hydrogens is 286 g/mol. The minimum Gasteiger partial charge on any atom is -0.451 e. The van der Waals surface area contributed by atoms with E-state index in [2.05, 4.69) is 55.2 Å². The number of hydrogen-bond donors (Lipinski definition) is 1. The van der Waals surface area contributed by atoms with Crippen molar-refractivity contribution in [2.45, 2.75) is 32.3 Å². The van der Waals surface area contributed by atoms with Crippen LogP contribution in [0.5, 0.6) is 0 Å². The highest BCUT2D eigenvalue weighted by atomic mass is 16.3. The van der Waals surface area contributed by atoms with Gasteiger partial charge in [-0.3, -0.25) is 0 Å². The van der Waals surface area contributed by atoms with Crippen LogP contribution in [0, 0.1) is 13.8 Å². The number of aromatic nitrogens is 1. The molecule has 0 bridgehead atoms. The molecule has 3 rings (SSSR count). The molecule has 3 heteroatoms. The third kappa shape index (κ3) is 3.69. The first-order valence-electron chi connectivity index (χ1n) is 7.82. The molecule has 2 aromatic carbocycles. The number of aliphatic hydroxyl groups is 1. The fraction of sp³-hybridized carbons (Fsp3) is 0.250. The maximum absolute atomic E-state index is 10.8. The average molecular weight is 307 g/mol. The fourth-order valence-corrected chi connectivity index (χ4v) is 2.82. The predicted molar refractivity (Wildman–Crippen MR) is 90.4 cm³/mol. The third-order valence-corrected chi connectivity index (χ3v) is 4.16. The summed E-state index contributed by atoms with van der Waals surface area (Å²) in [5.74, 6) is -0.198.